The van der Waals surface area contributed by atoms with E-state index in [-0.39, 0.29) is 11.8 Å². The van der Waals surface area contributed by atoms with Gasteiger partial charge in [0, 0.05) is 37.2 Å². The summed E-state index contributed by atoms with van der Waals surface area (Å²) in [5.41, 5.74) is 2.19. The highest BCUT2D eigenvalue weighted by atomic mass is 16.1. The number of hydrogen-bond acceptors (Lipinski definition) is 3. The molecule has 0 aromatic carbocycles. The number of carbonyl (C=O) groups is 1. The molecule has 4 nitrogen and oxygen atoms in total. The van der Waals surface area contributed by atoms with Crippen molar-refractivity contribution < 1.29 is 4.79 Å². The lowest BCUT2D eigenvalue weighted by atomic mass is 10.1. The SMILES string of the molecule is CCNC(=O)C1CCN(c2ccnc(C)c2)C1. The van der Waals surface area contributed by atoms with E-state index in [4.69, 9.17) is 0 Å². The van der Waals surface area contributed by atoms with Crippen LogP contribution in [-0.2, 0) is 4.79 Å². The van der Waals surface area contributed by atoms with Crippen LogP contribution in [0.5, 0.6) is 0 Å². The largest absolute Gasteiger partial charge is 0.371 e. The van der Waals surface area contributed by atoms with Crippen LogP contribution in [0.15, 0.2) is 18.3 Å². The molecule has 0 radical (unpaired) electrons. The maximum Gasteiger partial charge on any atom is 0.224 e. The quantitative estimate of drug-likeness (QED) is 0.857. The number of amides is 1. The van der Waals surface area contributed by atoms with Gasteiger partial charge < -0.3 is 10.2 Å². The molecule has 1 N–H and O–H groups in total. The Hall–Kier alpha value is -1.58. The van der Waals surface area contributed by atoms with Crippen LogP contribution in [0.4, 0.5) is 5.69 Å². The number of nitrogens with zero attached hydrogens (tertiary/aromatic N) is 2. The van der Waals surface area contributed by atoms with Gasteiger partial charge in [-0.25, -0.2) is 0 Å². The van der Waals surface area contributed by atoms with Gasteiger partial charge in [0.05, 0.1) is 5.92 Å². The van der Waals surface area contributed by atoms with Crippen molar-refractivity contribution in [2.45, 2.75) is 20.3 Å². The number of hydrogen-bond donors (Lipinski definition) is 1. The molecule has 2 rings (SSSR count). The van der Waals surface area contributed by atoms with Gasteiger partial charge in [-0.2, -0.15) is 0 Å². The summed E-state index contributed by atoms with van der Waals surface area (Å²) in [5.74, 6) is 0.309. The molecule has 4 heteroatoms. The molecule has 17 heavy (non-hydrogen) atoms. The Morgan fingerprint density at radius 2 is 2.47 bits per heavy atom. The van der Waals surface area contributed by atoms with Crippen molar-refractivity contribution in [3.8, 4) is 0 Å². The molecular weight excluding hydrogens is 214 g/mol. The average molecular weight is 233 g/mol. The highest BCUT2D eigenvalue weighted by molar-refractivity contribution is 5.80. The Balaban J connectivity index is 2.00. The smallest absolute Gasteiger partial charge is 0.224 e. The van der Waals surface area contributed by atoms with Gasteiger partial charge in [-0.1, -0.05) is 0 Å². The first-order valence-corrected chi connectivity index (χ1v) is 6.16. The molecule has 2 heterocycles. The van der Waals surface area contributed by atoms with E-state index in [9.17, 15) is 4.79 Å². The van der Waals surface area contributed by atoms with Crippen LogP contribution in [0.2, 0.25) is 0 Å². The van der Waals surface area contributed by atoms with Gasteiger partial charge in [-0.3, -0.25) is 9.78 Å². The van der Waals surface area contributed by atoms with Crippen molar-refractivity contribution in [1.29, 1.82) is 0 Å². The van der Waals surface area contributed by atoms with E-state index < -0.39 is 0 Å². The molecule has 0 spiro atoms. The summed E-state index contributed by atoms with van der Waals surface area (Å²) in [6, 6.07) is 4.08. The van der Waals surface area contributed by atoms with Crippen LogP contribution < -0.4 is 10.2 Å². The average Bonchev–Trinajstić information content (AvgIpc) is 2.78. The monoisotopic (exact) mass is 233 g/mol. The van der Waals surface area contributed by atoms with Crippen LogP contribution in [0, 0.1) is 12.8 Å². The van der Waals surface area contributed by atoms with E-state index in [2.05, 4.69) is 21.3 Å². The number of nitrogens with one attached hydrogen (secondary N) is 1. The van der Waals surface area contributed by atoms with Crippen molar-refractivity contribution in [1.82, 2.24) is 10.3 Å². The third-order valence-corrected chi connectivity index (χ3v) is 3.16. The Labute approximate surface area is 102 Å². The molecule has 1 aliphatic rings. The first-order chi connectivity index (χ1) is 8.20. The summed E-state index contributed by atoms with van der Waals surface area (Å²) >= 11 is 0. The normalized spacial score (nSPS) is 19.4. The van der Waals surface area contributed by atoms with Gasteiger partial charge in [0.2, 0.25) is 5.91 Å². The van der Waals surface area contributed by atoms with Crippen molar-refractivity contribution in [2.75, 3.05) is 24.5 Å². The summed E-state index contributed by atoms with van der Waals surface area (Å²) in [5, 5.41) is 2.89. The second kappa shape index (κ2) is 5.17. The molecule has 1 aromatic heterocycles. The fourth-order valence-corrected chi connectivity index (χ4v) is 2.25. The van der Waals surface area contributed by atoms with Gasteiger partial charge in [-0.05, 0) is 32.4 Å². The molecule has 1 unspecified atom stereocenters. The van der Waals surface area contributed by atoms with Crippen LogP contribution in [0.1, 0.15) is 19.0 Å². The lowest BCUT2D eigenvalue weighted by Crippen LogP contribution is -2.32. The third-order valence-electron chi connectivity index (χ3n) is 3.16. The first kappa shape index (κ1) is 11.9. The molecule has 1 aromatic rings. The highest BCUT2D eigenvalue weighted by Crippen LogP contribution is 2.23. The van der Waals surface area contributed by atoms with Crippen LogP contribution in [0.3, 0.4) is 0 Å². The molecule has 0 bridgehead atoms. The number of carbonyl (C=O) groups excluding carboxylic acids is 1. The Morgan fingerprint density at radius 3 is 3.18 bits per heavy atom. The van der Waals surface area contributed by atoms with Crippen LogP contribution >= 0.6 is 0 Å². The summed E-state index contributed by atoms with van der Waals surface area (Å²) < 4.78 is 0. The maximum absolute atomic E-state index is 11.7. The minimum absolute atomic E-state index is 0.128. The van der Waals surface area contributed by atoms with Crippen molar-refractivity contribution in [2.24, 2.45) is 5.92 Å². The van der Waals surface area contributed by atoms with Crippen molar-refractivity contribution in [3.63, 3.8) is 0 Å². The zero-order valence-corrected chi connectivity index (χ0v) is 10.4. The molecule has 1 fully saturated rings. The number of pyridine rings is 1. The third kappa shape index (κ3) is 2.75. The van der Waals surface area contributed by atoms with E-state index in [1.165, 1.54) is 5.69 Å². The second-order valence-electron chi connectivity index (χ2n) is 4.48. The topological polar surface area (TPSA) is 45.2 Å². The van der Waals surface area contributed by atoms with E-state index in [1.54, 1.807) is 0 Å². The van der Waals surface area contributed by atoms with E-state index in [0.29, 0.717) is 6.54 Å². The predicted octanol–water partition coefficient (Wildman–Crippen LogP) is 1.35. The predicted molar refractivity (Wildman–Crippen MR) is 68.0 cm³/mol. The van der Waals surface area contributed by atoms with Gasteiger partial charge in [0.25, 0.3) is 0 Å². The molecule has 1 atom stereocenters. The molecule has 1 saturated heterocycles. The summed E-state index contributed by atoms with van der Waals surface area (Å²) in [6.07, 6.45) is 2.76. The fraction of sp³-hybridized carbons (Fsp3) is 0.538. The van der Waals surface area contributed by atoms with Crippen molar-refractivity contribution >= 4 is 11.6 Å². The summed E-state index contributed by atoms with van der Waals surface area (Å²) in [7, 11) is 0. The van der Waals surface area contributed by atoms with Gasteiger partial charge in [-0.15, -0.1) is 0 Å². The van der Waals surface area contributed by atoms with Gasteiger partial charge >= 0.3 is 0 Å². The minimum atomic E-state index is 0.128. The molecule has 92 valence electrons. The fourth-order valence-electron chi connectivity index (χ4n) is 2.25. The first-order valence-electron chi connectivity index (χ1n) is 6.16. The zero-order chi connectivity index (χ0) is 12.3. The molecule has 1 amide bonds. The zero-order valence-electron chi connectivity index (χ0n) is 10.4. The van der Waals surface area contributed by atoms with E-state index in [1.807, 2.05) is 26.1 Å². The standard InChI is InChI=1S/C13H19N3O/c1-3-14-13(17)11-5-7-16(9-11)12-4-6-15-10(2)8-12/h4,6,8,11H,3,5,7,9H2,1-2H3,(H,14,17). The Bertz CT molecular complexity index is 405. The second-order valence-corrected chi connectivity index (χ2v) is 4.48. The lowest BCUT2D eigenvalue weighted by molar-refractivity contribution is -0.124. The van der Waals surface area contributed by atoms with Gasteiger partial charge in [0.15, 0.2) is 0 Å². The Kier molecular flexibility index (Phi) is 3.61. The highest BCUT2D eigenvalue weighted by Gasteiger charge is 2.27. The van der Waals surface area contributed by atoms with E-state index >= 15 is 0 Å². The number of aromatic nitrogens is 1. The van der Waals surface area contributed by atoms with Crippen LogP contribution in [0.25, 0.3) is 0 Å². The summed E-state index contributed by atoms with van der Waals surface area (Å²) in [6.45, 7) is 6.42. The molecular formula is C13H19N3O. The molecule has 0 aliphatic carbocycles. The lowest BCUT2D eigenvalue weighted by Gasteiger charge is -2.18. The van der Waals surface area contributed by atoms with Crippen LogP contribution in [-0.4, -0.2) is 30.5 Å². The van der Waals surface area contributed by atoms with Gasteiger partial charge in [0.1, 0.15) is 0 Å². The number of rotatable bonds is 3. The Morgan fingerprint density at radius 1 is 1.65 bits per heavy atom. The minimum Gasteiger partial charge on any atom is -0.371 e. The number of aryl methyl sites for hydroxylation is 1. The number of anilines is 1. The maximum atomic E-state index is 11.7. The molecule has 0 saturated carbocycles. The van der Waals surface area contributed by atoms with Crippen molar-refractivity contribution in [3.05, 3.63) is 24.0 Å². The molecule has 1 aliphatic heterocycles. The summed E-state index contributed by atoms with van der Waals surface area (Å²) in [4.78, 5) is 18.2. The van der Waals surface area contributed by atoms with E-state index in [0.717, 1.165) is 25.2 Å².